The van der Waals surface area contributed by atoms with Gasteiger partial charge in [0.15, 0.2) is 0 Å². The maximum atomic E-state index is 13.7. The molecular formula is C31H33N5O6S2. The van der Waals surface area contributed by atoms with Gasteiger partial charge in [0.25, 0.3) is 0 Å². The van der Waals surface area contributed by atoms with Gasteiger partial charge >= 0.3 is 6.09 Å². The van der Waals surface area contributed by atoms with Crippen molar-refractivity contribution in [3.63, 3.8) is 0 Å². The predicted octanol–water partition coefficient (Wildman–Crippen LogP) is 5.29. The molecule has 1 unspecified atom stereocenters. The summed E-state index contributed by atoms with van der Waals surface area (Å²) in [6.45, 7) is 5.25. The first-order valence-corrected chi connectivity index (χ1v) is 16.0. The van der Waals surface area contributed by atoms with Gasteiger partial charge in [0.05, 0.1) is 39.9 Å². The Kier molecular flexibility index (Phi) is 10.2. The molecule has 3 N–H and O–H groups in total. The summed E-state index contributed by atoms with van der Waals surface area (Å²) in [6.07, 6.45) is -0.432. The third-order valence-electron chi connectivity index (χ3n) is 6.15. The van der Waals surface area contributed by atoms with Crippen molar-refractivity contribution in [2.24, 2.45) is 0 Å². The Morgan fingerprint density at radius 1 is 1.07 bits per heavy atom. The van der Waals surface area contributed by atoms with E-state index in [2.05, 4.69) is 21.4 Å². The summed E-state index contributed by atoms with van der Waals surface area (Å²) in [5.41, 5.74) is 1.54. The van der Waals surface area contributed by atoms with Gasteiger partial charge in [-0.3, -0.25) is 4.79 Å². The van der Waals surface area contributed by atoms with Gasteiger partial charge in [0, 0.05) is 18.7 Å². The SMILES string of the molecule is COc1ccc2nc(C(Cc3cccc(C#N)c3)NS(=O)(=O)c3cccc(NC(=O)CCNC(=O)OC(C)(C)C)c3)sc2c1. The summed E-state index contributed by atoms with van der Waals surface area (Å²) in [6, 6.07) is 19.6. The number of nitrogens with zero attached hydrogens (tertiary/aromatic N) is 2. The first-order chi connectivity index (χ1) is 20.8. The van der Waals surface area contributed by atoms with E-state index in [1.807, 2.05) is 18.2 Å². The zero-order chi connectivity index (χ0) is 31.9. The molecule has 0 fully saturated rings. The van der Waals surface area contributed by atoms with E-state index in [0.717, 1.165) is 10.3 Å². The maximum Gasteiger partial charge on any atom is 0.407 e. The molecule has 1 heterocycles. The number of nitriles is 1. The minimum absolute atomic E-state index is 0.0410. The second-order valence-electron chi connectivity index (χ2n) is 10.8. The molecule has 0 saturated heterocycles. The number of sulfonamides is 1. The van der Waals surface area contributed by atoms with Crippen molar-refractivity contribution in [1.29, 1.82) is 5.26 Å². The molecule has 230 valence electrons. The van der Waals surface area contributed by atoms with Gasteiger partial charge in [0.1, 0.15) is 16.4 Å². The molecule has 0 radical (unpaired) electrons. The first-order valence-electron chi connectivity index (χ1n) is 13.7. The average Bonchev–Trinajstić information content (AvgIpc) is 3.39. The van der Waals surface area contributed by atoms with E-state index in [1.54, 1.807) is 58.2 Å². The fraction of sp³-hybridized carbons (Fsp3) is 0.290. The van der Waals surface area contributed by atoms with Crippen molar-refractivity contribution in [2.75, 3.05) is 19.0 Å². The molecule has 1 aromatic heterocycles. The van der Waals surface area contributed by atoms with Crippen LogP contribution >= 0.6 is 11.3 Å². The number of fused-ring (bicyclic) bond motifs is 1. The Bertz CT molecular complexity index is 1810. The number of carbonyl (C=O) groups is 2. The molecule has 0 bridgehead atoms. The highest BCUT2D eigenvalue weighted by Gasteiger charge is 2.25. The van der Waals surface area contributed by atoms with Gasteiger partial charge in [-0.25, -0.2) is 22.9 Å². The Balaban J connectivity index is 1.52. The fourth-order valence-electron chi connectivity index (χ4n) is 4.19. The quantitative estimate of drug-likeness (QED) is 0.200. The third-order valence-corrected chi connectivity index (χ3v) is 8.75. The lowest BCUT2D eigenvalue weighted by atomic mass is 10.0. The van der Waals surface area contributed by atoms with E-state index in [-0.39, 0.29) is 30.0 Å². The zero-order valence-electron chi connectivity index (χ0n) is 24.7. The van der Waals surface area contributed by atoms with Crippen LogP contribution in [0.3, 0.4) is 0 Å². The van der Waals surface area contributed by atoms with E-state index in [1.165, 1.54) is 29.5 Å². The molecule has 0 aliphatic heterocycles. The summed E-state index contributed by atoms with van der Waals surface area (Å²) >= 11 is 1.35. The van der Waals surface area contributed by atoms with Gasteiger partial charge in [-0.1, -0.05) is 18.2 Å². The minimum atomic E-state index is -4.10. The molecule has 0 aliphatic rings. The van der Waals surface area contributed by atoms with Crippen LogP contribution in [-0.2, 0) is 26.0 Å². The van der Waals surface area contributed by atoms with Gasteiger partial charge in [-0.05, 0) is 81.3 Å². The topological polar surface area (TPSA) is 160 Å². The minimum Gasteiger partial charge on any atom is -0.497 e. The second kappa shape index (κ2) is 13.9. The Labute approximate surface area is 260 Å². The molecule has 2 amide bonds. The predicted molar refractivity (Wildman–Crippen MR) is 168 cm³/mol. The van der Waals surface area contributed by atoms with E-state index < -0.39 is 33.7 Å². The summed E-state index contributed by atoms with van der Waals surface area (Å²) in [4.78, 5) is 28.9. The summed E-state index contributed by atoms with van der Waals surface area (Å²) in [5, 5.41) is 15.1. The Morgan fingerprint density at radius 2 is 1.84 bits per heavy atom. The van der Waals surface area contributed by atoms with Crippen molar-refractivity contribution in [3.05, 3.63) is 82.9 Å². The third kappa shape index (κ3) is 9.00. The number of hydrogen-bond acceptors (Lipinski definition) is 9. The molecule has 4 aromatic rings. The van der Waals surface area contributed by atoms with E-state index in [4.69, 9.17) is 14.5 Å². The highest BCUT2D eigenvalue weighted by Crippen LogP contribution is 2.32. The molecule has 4 rings (SSSR count). The maximum absolute atomic E-state index is 13.7. The number of amides is 2. The zero-order valence-corrected chi connectivity index (χ0v) is 26.3. The van der Waals surface area contributed by atoms with Crippen molar-refractivity contribution < 1.29 is 27.5 Å². The van der Waals surface area contributed by atoms with Crippen molar-refractivity contribution in [2.45, 2.75) is 50.2 Å². The number of rotatable bonds is 11. The highest BCUT2D eigenvalue weighted by atomic mass is 32.2. The van der Waals surface area contributed by atoms with E-state index >= 15 is 0 Å². The number of nitrogens with one attached hydrogen (secondary N) is 3. The molecule has 1 atom stereocenters. The summed E-state index contributed by atoms with van der Waals surface area (Å²) in [5.74, 6) is 0.245. The molecular weight excluding hydrogens is 603 g/mol. The van der Waals surface area contributed by atoms with Crippen LogP contribution in [0.4, 0.5) is 10.5 Å². The van der Waals surface area contributed by atoms with E-state index in [9.17, 15) is 23.3 Å². The summed E-state index contributed by atoms with van der Waals surface area (Å²) in [7, 11) is -2.53. The smallest absolute Gasteiger partial charge is 0.407 e. The standard InChI is InChI=1S/C31H33N5O6S2/c1-31(2,3)42-30(38)33-14-13-28(37)34-22-9-6-10-24(17-22)44(39,40)36-26(16-20-7-5-8-21(15-20)19-32)29-35-25-12-11-23(41-4)18-27(25)43-29/h5-12,15,17-18,26,36H,13-14,16H2,1-4H3,(H,33,38)(H,34,37). The summed E-state index contributed by atoms with van der Waals surface area (Å²) < 4.78 is 41.4. The van der Waals surface area contributed by atoms with Crippen molar-refractivity contribution in [1.82, 2.24) is 15.0 Å². The number of hydrogen-bond donors (Lipinski definition) is 3. The Hall–Kier alpha value is -4.51. The fourth-order valence-corrected chi connectivity index (χ4v) is 6.56. The van der Waals surface area contributed by atoms with Crippen molar-refractivity contribution >= 4 is 49.3 Å². The van der Waals surface area contributed by atoms with Crippen LogP contribution < -0.4 is 20.1 Å². The first kappa shape index (κ1) is 32.4. The number of aromatic nitrogens is 1. The van der Waals surface area contributed by atoms with Crippen LogP contribution in [0.5, 0.6) is 5.75 Å². The molecule has 0 spiro atoms. The lowest BCUT2D eigenvalue weighted by molar-refractivity contribution is -0.116. The van der Waals surface area contributed by atoms with Gasteiger partial charge < -0.3 is 20.1 Å². The van der Waals surface area contributed by atoms with Gasteiger partial charge in [0.2, 0.25) is 15.9 Å². The number of methoxy groups -OCH3 is 1. The molecule has 11 nitrogen and oxygen atoms in total. The number of anilines is 1. The van der Waals surface area contributed by atoms with Crippen LogP contribution in [0.2, 0.25) is 0 Å². The lowest BCUT2D eigenvalue weighted by Gasteiger charge is -2.19. The molecule has 0 aliphatic carbocycles. The largest absolute Gasteiger partial charge is 0.497 e. The number of ether oxygens (including phenoxy) is 2. The normalized spacial score (nSPS) is 12.2. The van der Waals surface area contributed by atoms with Crippen LogP contribution in [-0.4, -0.2) is 44.7 Å². The van der Waals surface area contributed by atoms with Gasteiger partial charge in [-0.15, -0.1) is 11.3 Å². The van der Waals surface area contributed by atoms with Crippen LogP contribution in [0.15, 0.2) is 71.6 Å². The molecule has 44 heavy (non-hydrogen) atoms. The number of carbonyl (C=O) groups excluding carboxylic acids is 2. The van der Waals surface area contributed by atoms with Crippen LogP contribution in [0, 0.1) is 11.3 Å². The average molecular weight is 636 g/mol. The Morgan fingerprint density at radius 3 is 2.57 bits per heavy atom. The van der Waals surface area contributed by atoms with Crippen LogP contribution in [0.25, 0.3) is 10.2 Å². The monoisotopic (exact) mass is 635 g/mol. The van der Waals surface area contributed by atoms with E-state index in [0.29, 0.717) is 21.8 Å². The second-order valence-corrected chi connectivity index (χ2v) is 13.6. The number of benzene rings is 3. The van der Waals surface area contributed by atoms with Gasteiger partial charge in [-0.2, -0.15) is 5.26 Å². The van der Waals surface area contributed by atoms with Crippen LogP contribution in [0.1, 0.15) is 49.4 Å². The molecule has 13 heteroatoms. The number of thiazole rings is 1. The highest BCUT2D eigenvalue weighted by molar-refractivity contribution is 7.89. The molecule has 3 aromatic carbocycles. The van der Waals surface area contributed by atoms with Crippen molar-refractivity contribution in [3.8, 4) is 11.8 Å². The number of alkyl carbamates (subject to hydrolysis) is 1. The lowest BCUT2D eigenvalue weighted by Crippen LogP contribution is -2.34. The molecule has 0 saturated carbocycles.